The van der Waals surface area contributed by atoms with Crippen LogP contribution in [-0.4, -0.2) is 28.6 Å². The predicted octanol–water partition coefficient (Wildman–Crippen LogP) is 2.84. The summed E-state index contributed by atoms with van der Waals surface area (Å²) in [5, 5.41) is 4.28. The molecule has 0 saturated heterocycles. The van der Waals surface area contributed by atoms with Crippen molar-refractivity contribution >= 4 is 11.3 Å². The Balaban J connectivity index is 2.36. The fourth-order valence-electron chi connectivity index (χ4n) is 1.86. The van der Waals surface area contributed by atoms with Crippen LogP contribution >= 0.6 is 11.3 Å². The van der Waals surface area contributed by atoms with Crippen LogP contribution in [0, 0.1) is 0 Å². The van der Waals surface area contributed by atoms with Gasteiger partial charge >= 0.3 is 0 Å². The molecule has 0 aliphatic heterocycles. The first-order valence-corrected chi connectivity index (χ1v) is 7.54. The van der Waals surface area contributed by atoms with Crippen molar-refractivity contribution in [3.8, 4) is 16.6 Å². The van der Waals surface area contributed by atoms with E-state index in [0.29, 0.717) is 11.8 Å². The zero-order chi connectivity index (χ0) is 14.5. The van der Waals surface area contributed by atoms with Gasteiger partial charge in [0.05, 0.1) is 12.8 Å². The zero-order valence-electron chi connectivity index (χ0n) is 12.3. The maximum atomic E-state index is 5.14. The average Bonchev–Trinajstić information content (AvgIpc) is 2.89. The minimum Gasteiger partial charge on any atom is -0.481 e. The lowest BCUT2D eigenvalue weighted by Gasteiger charge is -2.04. The molecular weight excluding hydrogens is 272 g/mol. The van der Waals surface area contributed by atoms with E-state index < -0.39 is 0 Å². The Morgan fingerprint density at radius 2 is 2.15 bits per heavy atom. The van der Waals surface area contributed by atoms with Crippen molar-refractivity contribution in [2.24, 2.45) is 0 Å². The molecule has 0 spiro atoms. The maximum Gasteiger partial charge on any atom is 0.216 e. The van der Waals surface area contributed by atoms with Crippen LogP contribution in [0.15, 0.2) is 12.4 Å². The number of hydrogen-bond donors (Lipinski definition) is 1. The molecule has 0 radical (unpaired) electrons. The van der Waals surface area contributed by atoms with Gasteiger partial charge in [0.15, 0.2) is 0 Å². The molecule has 5 nitrogen and oxygen atoms in total. The molecule has 0 aliphatic rings. The number of rotatable bonds is 6. The van der Waals surface area contributed by atoms with Crippen LogP contribution in [0.1, 0.15) is 37.3 Å². The molecule has 0 aliphatic carbocycles. The Morgan fingerprint density at radius 1 is 1.35 bits per heavy atom. The summed E-state index contributed by atoms with van der Waals surface area (Å²) in [6.45, 7) is 8.23. The maximum absolute atomic E-state index is 5.14. The quantitative estimate of drug-likeness (QED) is 0.887. The molecule has 0 fully saturated rings. The van der Waals surface area contributed by atoms with E-state index >= 15 is 0 Å². The summed E-state index contributed by atoms with van der Waals surface area (Å²) in [6, 6.07) is 1.82. The summed E-state index contributed by atoms with van der Waals surface area (Å²) < 4.78 is 5.14. The van der Waals surface area contributed by atoms with Gasteiger partial charge in [0.25, 0.3) is 0 Å². The van der Waals surface area contributed by atoms with Gasteiger partial charge in [-0.1, -0.05) is 20.8 Å². The highest BCUT2D eigenvalue weighted by Gasteiger charge is 2.16. The van der Waals surface area contributed by atoms with Crippen LogP contribution in [-0.2, 0) is 6.54 Å². The van der Waals surface area contributed by atoms with E-state index in [2.05, 4.69) is 36.1 Å². The molecule has 0 bridgehead atoms. The highest BCUT2D eigenvalue weighted by molar-refractivity contribution is 7.15. The molecule has 1 N–H and O–H groups in total. The first kappa shape index (κ1) is 14.9. The second-order valence-corrected chi connectivity index (χ2v) is 5.79. The fourth-order valence-corrected chi connectivity index (χ4v) is 3.01. The van der Waals surface area contributed by atoms with E-state index in [4.69, 9.17) is 9.72 Å². The number of ether oxygens (including phenoxy) is 1. The third-order valence-electron chi connectivity index (χ3n) is 2.88. The van der Waals surface area contributed by atoms with E-state index in [1.807, 2.05) is 6.07 Å². The van der Waals surface area contributed by atoms with Crippen LogP contribution in [0.2, 0.25) is 0 Å². The molecule has 2 aromatic heterocycles. The van der Waals surface area contributed by atoms with Crippen molar-refractivity contribution in [1.29, 1.82) is 0 Å². The van der Waals surface area contributed by atoms with Crippen molar-refractivity contribution in [1.82, 2.24) is 20.3 Å². The Labute approximate surface area is 123 Å². The van der Waals surface area contributed by atoms with E-state index in [1.54, 1.807) is 18.4 Å². The number of methoxy groups -OCH3 is 1. The number of thiazole rings is 1. The van der Waals surface area contributed by atoms with Gasteiger partial charge in [-0.25, -0.2) is 15.0 Å². The smallest absolute Gasteiger partial charge is 0.216 e. The summed E-state index contributed by atoms with van der Waals surface area (Å²) in [6.07, 6.45) is 1.51. The molecule has 2 heterocycles. The highest BCUT2D eigenvalue weighted by atomic mass is 32.1. The molecule has 0 amide bonds. The predicted molar refractivity (Wildman–Crippen MR) is 81.2 cm³/mol. The normalized spacial score (nSPS) is 11.1. The minimum atomic E-state index is 0.400. The Morgan fingerprint density at radius 3 is 2.80 bits per heavy atom. The van der Waals surface area contributed by atoms with Crippen LogP contribution in [0.5, 0.6) is 5.88 Å². The first-order valence-electron chi connectivity index (χ1n) is 6.72. The van der Waals surface area contributed by atoms with Crippen LogP contribution in [0.25, 0.3) is 10.7 Å². The standard InChI is InChI=1S/C14H20N4OS/c1-5-15-7-11-13(9(2)3)18-14(20-11)10-6-12(19-4)17-8-16-10/h6,8-9,15H,5,7H2,1-4H3. The molecule has 20 heavy (non-hydrogen) atoms. The van der Waals surface area contributed by atoms with Gasteiger partial charge in [0.1, 0.15) is 17.0 Å². The van der Waals surface area contributed by atoms with E-state index in [0.717, 1.165) is 29.5 Å². The van der Waals surface area contributed by atoms with Gasteiger partial charge in [0.2, 0.25) is 5.88 Å². The molecule has 0 unspecified atom stereocenters. The Kier molecular flexibility index (Phi) is 5.03. The molecule has 0 aromatic carbocycles. The third-order valence-corrected chi connectivity index (χ3v) is 3.97. The zero-order valence-corrected chi connectivity index (χ0v) is 13.1. The fraction of sp³-hybridized carbons (Fsp3) is 0.500. The summed E-state index contributed by atoms with van der Waals surface area (Å²) in [5.41, 5.74) is 1.95. The van der Waals surface area contributed by atoms with Gasteiger partial charge in [0, 0.05) is 17.5 Å². The van der Waals surface area contributed by atoms with Crippen LogP contribution in [0.4, 0.5) is 0 Å². The lowest BCUT2D eigenvalue weighted by atomic mass is 10.1. The number of aromatic nitrogens is 3. The molecule has 2 rings (SSSR count). The van der Waals surface area contributed by atoms with Crippen molar-refractivity contribution in [3.63, 3.8) is 0 Å². The molecule has 2 aromatic rings. The second-order valence-electron chi connectivity index (χ2n) is 4.71. The van der Waals surface area contributed by atoms with E-state index in [9.17, 15) is 0 Å². The van der Waals surface area contributed by atoms with Gasteiger partial charge in [-0.05, 0) is 12.5 Å². The third kappa shape index (κ3) is 3.32. The number of nitrogens with zero attached hydrogens (tertiary/aromatic N) is 3. The van der Waals surface area contributed by atoms with Crippen molar-refractivity contribution < 1.29 is 4.74 Å². The molecular formula is C14H20N4OS. The van der Waals surface area contributed by atoms with Gasteiger partial charge in [-0.15, -0.1) is 11.3 Å². The first-order chi connectivity index (χ1) is 9.65. The molecule has 0 atom stereocenters. The second kappa shape index (κ2) is 6.76. The monoisotopic (exact) mass is 292 g/mol. The number of nitrogens with one attached hydrogen (secondary N) is 1. The average molecular weight is 292 g/mol. The molecule has 6 heteroatoms. The van der Waals surface area contributed by atoms with E-state index in [-0.39, 0.29) is 0 Å². The topological polar surface area (TPSA) is 59.9 Å². The Bertz CT molecular complexity index is 568. The molecule has 108 valence electrons. The summed E-state index contributed by atoms with van der Waals surface area (Å²) in [7, 11) is 1.60. The van der Waals surface area contributed by atoms with Gasteiger partial charge in [-0.2, -0.15) is 0 Å². The minimum absolute atomic E-state index is 0.400. The highest BCUT2D eigenvalue weighted by Crippen LogP contribution is 2.31. The lowest BCUT2D eigenvalue weighted by molar-refractivity contribution is 0.397. The summed E-state index contributed by atoms with van der Waals surface area (Å²) in [4.78, 5) is 14.3. The van der Waals surface area contributed by atoms with Crippen LogP contribution < -0.4 is 10.1 Å². The van der Waals surface area contributed by atoms with Crippen LogP contribution in [0.3, 0.4) is 0 Å². The largest absolute Gasteiger partial charge is 0.481 e. The van der Waals surface area contributed by atoms with Gasteiger partial charge in [-0.3, -0.25) is 0 Å². The number of hydrogen-bond acceptors (Lipinski definition) is 6. The SMILES string of the molecule is CCNCc1sc(-c2cc(OC)ncn2)nc1C(C)C. The molecule has 0 saturated carbocycles. The lowest BCUT2D eigenvalue weighted by Crippen LogP contribution is -2.12. The Hall–Kier alpha value is -1.53. The van der Waals surface area contributed by atoms with Crippen molar-refractivity contribution in [2.75, 3.05) is 13.7 Å². The van der Waals surface area contributed by atoms with Gasteiger partial charge < -0.3 is 10.1 Å². The summed E-state index contributed by atoms with van der Waals surface area (Å²) >= 11 is 1.68. The summed E-state index contributed by atoms with van der Waals surface area (Å²) in [5.74, 6) is 0.960. The van der Waals surface area contributed by atoms with Crippen molar-refractivity contribution in [3.05, 3.63) is 23.0 Å². The van der Waals surface area contributed by atoms with E-state index in [1.165, 1.54) is 11.2 Å². The van der Waals surface area contributed by atoms with Crippen molar-refractivity contribution in [2.45, 2.75) is 33.2 Å².